The number of carbonyl (C=O) groups excluding carboxylic acids is 2. The van der Waals surface area contributed by atoms with Crippen LogP contribution in [0.1, 0.15) is 39.9 Å². The third-order valence-electron chi connectivity index (χ3n) is 5.10. The minimum atomic E-state index is -4.50. The summed E-state index contributed by atoms with van der Waals surface area (Å²) in [6, 6.07) is 12.2. The summed E-state index contributed by atoms with van der Waals surface area (Å²) in [5.74, 6) is -0.997. The molecule has 0 spiro atoms. The van der Waals surface area contributed by atoms with Gasteiger partial charge >= 0.3 is 6.18 Å². The van der Waals surface area contributed by atoms with Gasteiger partial charge in [0.15, 0.2) is 0 Å². The van der Waals surface area contributed by atoms with E-state index >= 15 is 0 Å². The van der Waals surface area contributed by atoms with Gasteiger partial charge in [-0.2, -0.15) is 13.2 Å². The number of aryl methyl sites for hydroxylation is 1. The van der Waals surface area contributed by atoms with Crippen molar-refractivity contribution in [1.29, 1.82) is 0 Å². The quantitative estimate of drug-likeness (QED) is 0.831. The zero-order valence-corrected chi connectivity index (χ0v) is 16.1. The van der Waals surface area contributed by atoms with Gasteiger partial charge in [0.1, 0.15) is 0 Å². The Balaban J connectivity index is 1.61. The fraction of sp³-hybridized carbons (Fsp3) is 0.364. The summed E-state index contributed by atoms with van der Waals surface area (Å²) in [5.41, 5.74) is 1.25. The molecule has 1 fully saturated rings. The number of piperidine rings is 1. The van der Waals surface area contributed by atoms with Crippen molar-refractivity contribution >= 4 is 11.8 Å². The molecular weight excluding hydrogens is 381 g/mol. The van der Waals surface area contributed by atoms with E-state index in [-0.39, 0.29) is 23.9 Å². The number of rotatable bonds is 4. The SMILES string of the molecule is Cc1ccc(CNC(=O)[C@H]2CCCN(C(=O)c3cccc(C(F)(F)F)c3)C2)cc1. The molecule has 0 aliphatic carbocycles. The zero-order valence-electron chi connectivity index (χ0n) is 16.1. The molecule has 0 unspecified atom stereocenters. The molecule has 2 amide bonds. The fourth-order valence-corrected chi connectivity index (χ4v) is 3.43. The third kappa shape index (κ3) is 5.37. The van der Waals surface area contributed by atoms with E-state index in [9.17, 15) is 22.8 Å². The van der Waals surface area contributed by atoms with Gasteiger partial charge < -0.3 is 10.2 Å². The Morgan fingerprint density at radius 1 is 1.14 bits per heavy atom. The molecule has 7 heteroatoms. The van der Waals surface area contributed by atoms with E-state index in [4.69, 9.17) is 0 Å². The first-order chi connectivity index (χ1) is 13.7. The van der Waals surface area contributed by atoms with Crippen LogP contribution in [0.2, 0.25) is 0 Å². The predicted octanol–water partition coefficient (Wildman–Crippen LogP) is 4.18. The van der Waals surface area contributed by atoms with Gasteiger partial charge in [0.05, 0.1) is 11.5 Å². The molecule has 1 heterocycles. The number of hydrogen-bond acceptors (Lipinski definition) is 2. The molecule has 1 atom stereocenters. The maximum Gasteiger partial charge on any atom is 0.416 e. The van der Waals surface area contributed by atoms with Gasteiger partial charge in [-0.25, -0.2) is 0 Å². The molecule has 1 N–H and O–H groups in total. The lowest BCUT2D eigenvalue weighted by molar-refractivity contribution is -0.137. The first-order valence-electron chi connectivity index (χ1n) is 9.54. The van der Waals surface area contributed by atoms with E-state index in [1.807, 2.05) is 31.2 Å². The molecule has 4 nitrogen and oxygen atoms in total. The average Bonchev–Trinajstić information content (AvgIpc) is 2.72. The smallest absolute Gasteiger partial charge is 0.352 e. The Kier molecular flexibility index (Phi) is 6.25. The zero-order chi connectivity index (χ0) is 21.0. The van der Waals surface area contributed by atoms with Gasteiger partial charge in [0, 0.05) is 25.2 Å². The van der Waals surface area contributed by atoms with Crippen molar-refractivity contribution in [3.63, 3.8) is 0 Å². The molecule has 29 heavy (non-hydrogen) atoms. The second kappa shape index (κ2) is 8.68. The molecule has 1 saturated heterocycles. The summed E-state index contributed by atoms with van der Waals surface area (Å²) in [6.07, 6.45) is -3.23. The molecule has 0 bridgehead atoms. The normalized spacial score (nSPS) is 17.1. The van der Waals surface area contributed by atoms with E-state index in [1.54, 1.807) is 0 Å². The van der Waals surface area contributed by atoms with Crippen molar-refractivity contribution in [1.82, 2.24) is 10.2 Å². The van der Waals surface area contributed by atoms with Crippen molar-refractivity contribution in [2.75, 3.05) is 13.1 Å². The summed E-state index contributed by atoms with van der Waals surface area (Å²) >= 11 is 0. The Labute approximate surface area is 167 Å². The maximum atomic E-state index is 12.9. The minimum Gasteiger partial charge on any atom is -0.352 e. The average molecular weight is 404 g/mol. The van der Waals surface area contributed by atoms with E-state index in [1.165, 1.54) is 17.0 Å². The van der Waals surface area contributed by atoms with Crippen LogP contribution < -0.4 is 5.32 Å². The van der Waals surface area contributed by atoms with Crippen LogP contribution in [0.15, 0.2) is 48.5 Å². The van der Waals surface area contributed by atoms with Crippen molar-refractivity contribution in [3.8, 4) is 0 Å². The summed E-state index contributed by atoms with van der Waals surface area (Å²) < 4.78 is 38.7. The van der Waals surface area contributed by atoms with Crippen molar-refractivity contribution in [2.24, 2.45) is 5.92 Å². The van der Waals surface area contributed by atoms with E-state index in [0.29, 0.717) is 25.9 Å². The predicted molar refractivity (Wildman–Crippen MR) is 103 cm³/mol. The van der Waals surface area contributed by atoms with Crippen LogP contribution in [0.5, 0.6) is 0 Å². The highest BCUT2D eigenvalue weighted by molar-refractivity contribution is 5.95. The van der Waals surface area contributed by atoms with Gasteiger partial charge in [0.2, 0.25) is 5.91 Å². The number of nitrogens with zero attached hydrogens (tertiary/aromatic N) is 1. The van der Waals surface area contributed by atoms with Crippen molar-refractivity contribution in [3.05, 3.63) is 70.8 Å². The van der Waals surface area contributed by atoms with Crippen LogP contribution in [0.4, 0.5) is 13.2 Å². The fourth-order valence-electron chi connectivity index (χ4n) is 3.43. The summed E-state index contributed by atoms with van der Waals surface area (Å²) in [4.78, 5) is 26.7. The molecule has 1 aliphatic heterocycles. The van der Waals surface area contributed by atoms with Crippen LogP contribution >= 0.6 is 0 Å². The summed E-state index contributed by atoms with van der Waals surface area (Å²) in [6.45, 7) is 3.02. The standard InChI is InChI=1S/C22H23F3N2O2/c1-15-7-9-16(10-8-15)13-26-20(28)18-5-3-11-27(14-18)21(29)17-4-2-6-19(12-17)22(23,24)25/h2,4,6-10,12,18H,3,5,11,13-14H2,1H3,(H,26,28)/t18-/m0/s1. The Morgan fingerprint density at radius 3 is 2.55 bits per heavy atom. The van der Waals surface area contributed by atoms with Gasteiger partial charge in [-0.3, -0.25) is 9.59 Å². The number of hydrogen-bond donors (Lipinski definition) is 1. The number of carbonyl (C=O) groups is 2. The number of halogens is 3. The van der Waals surface area contributed by atoms with Gasteiger partial charge in [-0.1, -0.05) is 35.9 Å². The molecule has 3 rings (SSSR count). The highest BCUT2D eigenvalue weighted by atomic mass is 19.4. The minimum absolute atomic E-state index is 0.0134. The van der Waals surface area contributed by atoms with Crippen LogP contribution in [0.25, 0.3) is 0 Å². The van der Waals surface area contributed by atoms with Gasteiger partial charge in [-0.15, -0.1) is 0 Å². The molecular formula is C22H23F3N2O2. The van der Waals surface area contributed by atoms with E-state index in [2.05, 4.69) is 5.32 Å². The molecule has 0 aromatic heterocycles. The molecule has 154 valence electrons. The van der Waals surface area contributed by atoms with Crippen LogP contribution in [0.3, 0.4) is 0 Å². The van der Waals surface area contributed by atoms with Crippen LogP contribution in [0, 0.1) is 12.8 Å². The summed E-state index contributed by atoms with van der Waals surface area (Å²) in [5, 5.41) is 2.89. The van der Waals surface area contributed by atoms with Crippen LogP contribution in [-0.2, 0) is 17.5 Å². The number of nitrogens with one attached hydrogen (secondary N) is 1. The topological polar surface area (TPSA) is 49.4 Å². The van der Waals surface area contributed by atoms with Crippen molar-refractivity contribution < 1.29 is 22.8 Å². The first kappa shape index (κ1) is 20.9. The number of likely N-dealkylation sites (tertiary alicyclic amines) is 1. The van der Waals surface area contributed by atoms with Gasteiger partial charge in [-0.05, 0) is 43.5 Å². The Morgan fingerprint density at radius 2 is 1.86 bits per heavy atom. The van der Waals surface area contributed by atoms with E-state index < -0.39 is 17.6 Å². The molecule has 2 aromatic rings. The second-order valence-electron chi connectivity index (χ2n) is 7.37. The largest absolute Gasteiger partial charge is 0.416 e. The first-order valence-corrected chi connectivity index (χ1v) is 9.54. The second-order valence-corrected chi connectivity index (χ2v) is 7.37. The monoisotopic (exact) mass is 404 g/mol. The Hall–Kier alpha value is -2.83. The summed E-state index contributed by atoms with van der Waals surface area (Å²) in [7, 11) is 0. The highest BCUT2D eigenvalue weighted by Gasteiger charge is 2.33. The molecule has 1 aliphatic rings. The lowest BCUT2D eigenvalue weighted by Crippen LogP contribution is -2.45. The number of benzene rings is 2. The molecule has 2 aromatic carbocycles. The molecule has 0 radical (unpaired) electrons. The van der Waals surface area contributed by atoms with E-state index in [0.717, 1.165) is 23.3 Å². The Bertz CT molecular complexity index is 878. The van der Waals surface area contributed by atoms with Crippen molar-refractivity contribution in [2.45, 2.75) is 32.5 Å². The lowest BCUT2D eigenvalue weighted by Gasteiger charge is -2.32. The highest BCUT2D eigenvalue weighted by Crippen LogP contribution is 2.30. The molecule has 0 saturated carbocycles. The number of amides is 2. The van der Waals surface area contributed by atoms with Crippen LogP contribution in [-0.4, -0.2) is 29.8 Å². The van der Waals surface area contributed by atoms with Gasteiger partial charge in [0.25, 0.3) is 5.91 Å². The third-order valence-corrected chi connectivity index (χ3v) is 5.10. The number of alkyl halides is 3. The lowest BCUT2D eigenvalue weighted by atomic mass is 9.96. The maximum absolute atomic E-state index is 12.9.